The summed E-state index contributed by atoms with van der Waals surface area (Å²) in [5, 5.41) is 4.75. The minimum absolute atomic E-state index is 0.259. The summed E-state index contributed by atoms with van der Waals surface area (Å²) in [5.74, 6) is 2.14. The van der Waals surface area contributed by atoms with Crippen molar-refractivity contribution in [1.82, 2.24) is 19.9 Å². The molecule has 0 saturated heterocycles. The topological polar surface area (TPSA) is 51.6 Å². The van der Waals surface area contributed by atoms with Crippen LogP contribution in [0.5, 0.6) is 0 Å². The molecule has 0 spiro atoms. The Labute approximate surface area is 361 Å². The molecule has 1 atom stereocenters. The third-order valence-corrected chi connectivity index (χ3v) is 11.9. The molecule has 4 heteroatoms. The van der Waals surface area contributed by atoms with Crippen LogP contribution in [-0.4, -0.2) is 19.9 Å². The first-order valence-electron chi connectivity index (χ1n) is 21.1. The van der Waals surface area contributed by atoms with Gasteiger partial charge >= 0.3 is 0 Å². The van der Waals surface area contributed by atoms with Gasteiger partial charge in [-0.05, 0) is 74.0 Å². The van der Waals surface area contributed by atoms with Crippen LogP contribution in [-0.2, 0) is 0 Å². The zero-order chi connectivity index (χ0) is 41.2. The average Bonchev–Trinajstić information content (AvgIpc) is 3.37. The van der Waals surface area contributed by atoms with E-state index in [4.69, 9.17) is 19.9 Å². The van der Waals surface area contributed by atoms with Crippen LogP contribution in [0.15, 0.2) is 212 Å². The predicted molar refractivity (Wildman–Crippen MR) is 255 cm³/mol. The second kappa shape index (κ2) is 16.2. The number of fused-ring (bicyclic) bond motifs is 3. The Morgan fingerprint density at radius 3 is 1.39 bits per heavy atom. The molecule has 10 aromatic rings. The van der Waals surface area contributed by atoms with Gasteiger partial charge in [0.25, 0.3) is 0 Å². The minimum Gasteiger partial charge on any atom is -0.256 e. The number of hydrogen-bond donors (Lipinski definition) is 0. The average molecular weight is 793 g/mol. The Kier molecular flexibility index (Phi) is 9.64. The van der Waals surface area contributed by atoms with Crippen molar-refractivity contribution in [1.29, 1.82) is 0 Å². The number of hydrogen-bond acceptors (Lipinski definition) is 4. The van der Waals surface area contributed by atoms with Gasteiger partial charge in [0, 0.05) is 39.4 Å². The van der Waals surface area contributed by atoms with Crippen LogP contribution in [0.25, 0.3) is 102 Å². The van der Waals surface area contributed by atoms with Crippen LogP contribution >= 0.6 is 0 Å². The van der Waals surface area contributed by atoms with E-state index in [1.807, 2.05) is 18.3 Å². The predicted octanol–water partition coefficient (Wildman–Crippen LogP) is 12.8. The molecule has 1 aliphatic carbocycles. The van der Waals surface area contributed by atoms with Crippen LogP contribution in [0.4, 0.5) is 0 Å². The summed E-state index contributed by atoms with van der Waals surface area (Å²) >= 11 is 0. The number of aromatic nitrogens is 4. The lowest BCUT2D eigenvalue weighted by Crippen LogP contribution is -2.32. The van der Waals surface area contributed by atoms with Crippen LogP contribution in [0, 0.1) is 0 Å². The lowest BCUT2D eigenvalue weighted by Gasteiger charge is -2.16. The highest BCUT2D eigenvalue weighted by Gasteiger charge is 2.16. The molecule has 0 bridgehead atoms. The van der Waals surface area contributed by atoms with Gasteiger partial charge in [-0.2, -0.15) is 0 Å². The van der Waals surface area contributed by atoms with Crippen molar-refractivity contribution in [3.8, 4) is 78.7 Å². The first-order chi connectivity index (χ1) is 30.7. The number of rotatable bonds is 8. The Balaban J connectivity index is 0.928. The molecule has 0 radical (unpaired) electrons. The molecule has 1 unspecified atom stereocenters. The number of benzene rings is 8. The van der Waals surface area contributed by atoms with Gasteiger partial charge in [-0.25, -0.2) is 15.0 Å². The van der Waals surface area contributed by atoms with E-state index in [0.717, 1.165) is 50.7 Å². The van der Waals surface area contributed by atoms with Crippen molar-refractivity contribution >= 4 is 22.9 Å². The molecule has 2 aromatic heterocycles. The van der Waals surface area contributed by atoms with E-state index in [9.17, 15) is 0 Å². The third-order valence-electron chi connectivity index (χ3n) is 11.9. The Hall–Kier alpha value is -8.08. The molecule has 0 fully saturated rings. The lowest BCUT2D eigenvalue weighted by molar-refractivity contribution is 0.913. The fourth-order valence-electron chi connectivity index (χ4n) is 8.60. The molecule has 2 heterocycles. The van der Waals surface area contributed by atoms with E-state index in [1.54, 1.807) is 0 Å². The maximum Gasteiger partial charge on any atom is 0.164 e. The SMILES string of the molecule is C1=c2ncc3ccccc3c2=CCC1c1cccc(-c2cccc(-c3cccc(-c4nc(-c5ccc(-c6ccccc6)cc5)nc(-c5ccc(-c6ccccc6)cc5)n4)c3)c2)c1. The Morgan fingerprint density at radius 1 is 0.355 bits per heavy atom. The highest BCUT2D eigenvalue weighted by atomic mass is 15.0. The molecule has 0 aliphatic heterocycles. The van der Waals surface area contributed by atoms with Crippen LogP contribution in [0.2, 0.25) is 0 Å². The molecule has 8 aromatic carbocycles. The first-order valence-corrected chi connectivity index (χ1v) is 21.1. The van der Waals surface area contributed by atoms with Gasteiger partial charge in [0.05, 0.1) is 5.35 Å². The van der Waals surface area contributed by atoms with Crippen molar-refractivity contribution in [3.63, 3.8) is 0 Å². The summed E-state index contributed by atoms with van der Waals surface area (Å²) in [6, 6.07) is 72.6. The standard InChI is InChI=1S/C58H40N4/c1-3-12-39(13-4-1)41-24-28-43(29-25-41)56-60-57(44-30-26-42(27-31-44)40-14-5-2-6-15-40)62-58(61-56)51-22-11-21-49(36-51)47-19-9-17-45(34-47)46-18-10-20-48(35-46)50-32-33-54-53-23-8-7-16-52(53)38-59-55(54)37-50/h1-31,33-38,50H,32H2. The maximum atomic E-state index is 5.12. The number of nitrogens with zero attached hydrogens (tertiary/aromatic N) is 4. The van der Waals surface area contributed by atoms with Gasteiger partial charge in [0.15, 0.2) is 17.5 Å². The van der Waals surface area contributed by atoms with E-state index < -0.39 is 0 Å². The monoisotopic (exact) mass is 792 g/mol. The fraction of sp³-hybridized carbons (Fsp3) is 0.0345. The fourth-order valence-corrected chi connectivity index (χ4v) is 8.60. The normalized spacial score (nSPS) is 13.2. The van der Waals surface area contributed by atoms with E-state index >= 15 is 0 Å². The summed E-state index contributed by atoms with van der Waals surface area (Å²) in [6.45, 7) is 0. The van der Waals surface area contributed by atoms with E-state index in [0.29, 0.717) is 17.5 Å². The first kappa shape index (κ1) is 37.0. The zero-order valence-electron chi connectivity index (χ0n) is 33.9. The van der Waals surface area contributed by atoms with Gasteiger partial charge in [-0.15, -0.1) is 0 Å². The summed E-state index contributed by atoms with van der Waals surface area (Å²) in [6.07, 6.45) is 7.63. The molecular formula is C58H40N4. The van der Waals surface area contributed by atoms with Gasteiger partial charge in [0.2, 0.25) is 0 Å². The van der Waals surface area contributed by atoms with Crippen molar-refractivity contribution in [2.75, 3.05) is 0 Å². The lowest BCUT2D eigenvalue weighted by atomic mass is 9.89. The second-order valence-corrected chi connectivity index (χ2v) is 15.8. The van der Waals surface area contributed by atoms with Gasteiger partial charge in [-0.1, -0.05) is 206 Å². The van der Waals surface area contributed by atoms with Gasteiger partial charge in [0.1, 0.15) is 0 Å². The van der Waals surface area contributed by atoms with E-state index in [1.165, 1.54) is 43.8 Å². The molecule has 0 amide bonds. The van der Waals surface area contributed by atoms with Gasteiger partial charge in [-0.3, -0.25) is 4.98 Å². The summed E-state index contributed by atoms with van der Waals surface area (Å²) in [7, 11) is 0. The molecule has 1 aliphatic rings. The van der Waals surface area contributed by atoms with Crippen LogP contribution in [0.1, 0.15) is 17.9 Å². The highest BCUT2D eigenvalue weighted by molar-refractivity contribution is 5.83. The summed E-state index contributed by atoms with van der Waals surface area (Å²) in [4.78, 5) is 20.1. The van der Waals surface area contributed by atoms with Crippen molar-refractivity contribution in [2.45, 2.75) is 12.3 Å². The molecule has 11 rings (SSSR count). The molecule has 62 heavy (non-hydrogen) atoms. The van der Waals surface area contributed by atoms with Crippen molar-refractivity contribution < 1.29 is 0 Å². The highest BCUT2D eigenvalue weighted by Crippen LogP contribution is 2.34. The van der Waals surface area contributed by atoms with Gasteiger partial charge < -0.3 is 0 Å². The maximum absolute atomic E-state index is 5.12. The number of pyridine rings is 1. The molecule has 292 valence electrons. The zero-order valence-corrected chi connectivity index (χ0v) is 33.9. The van der Waals surface area contributed by atoms with Crippen LogP contribution < -0.4 is 10.6 Å². The van der Waals surface area contributed by atoms with Crippen molar-refractivity contribution in [2.24, 2.45) is 0 Å². The largest absolute Gasteiger partial charge is 0.256 e. The van der Waals surface area contributed by atoms with E-state index in [-0.39, 0.29) is 5.92 Å². The third kappa shape index (κ3) is 7.40. The minimum atomic E-state index is 0.259. The quantitative estimate of drug-likeness (QED) is 0.154. The molecular weight excluding hydrogens is 753 g/mol. The second-order valence-electron chi connectivity index (χ2n) is 15.8. The van der Waals surface area contributed by atoms with E-state index in [2.05, 4.69) is 206 Å². The smallest absolute Gasteiger partial charge is 0.164 e. The Morgan fingerprint density at radius 2 is 0.790 bits per heavy atom. The summed E-state index contributed by atoms with van der Waals surface area (Å²) in [5.41, 5.74) is 13.3. The van der Waals surface area contributed by atoms with Crippen LogP contribution in [0.3, 0.4) is 0 Å². The Bertz CT molecular complexity index is 3260. The van der Waals surface area contributed by atoms with Crippen molar-refractivity contribution in [3.05, 3.63) is 229 Å². The molecule has 0 saturated carbocycles. The molecule has 0 N–H and O–H groups in total. The molecule has 4 nitrogen and oxygen atoms in total. The summed E-state index contributed by atoms with van der Waals surface area (Å²) < 4.78 is 0.